The molecule has 0 saturated heterocycles. The number of rotatable bonds is 11. The van der Waals surface area contributed by atoms with Gasteiger partial charge in [-0.15, -0.1) is 13.2 Å². The molecule has 0 spiro atoms. The van der Waals surface area contributed by atoms with E-state index < -0.39 is 17.9 Å². The Morgan fingerprint density at radius 3 is 1.06 bits per heavy atom. The van der Waals surface area contributed by atoms with Crippen LogP contribution < -0.4 is 0 Å². The number of carbonyl (C=O) groups is 3. The lowest BCUT2D eigenvalue weighted by molar-refractivity contribution is -0.133. The highest BCUT2D eigenvalue weighted by molar-refractivity contribution is 5.85. The Bertz CT molecular complexity index is 489. The van der Waals surface area contributed by atoms with Gasteiger partial charge in [-0.1, -0.05) is 31.9 Å². The zero-order chi connectivity index (χ0) is 27.4. The summed E-state index contributed by atoms with van der Waals surface area (Å²) in [6, 6.07) is 0. The smallest absolute Gasteiger partial charge is 0.330 e. The number of carboxylic acid groups (broad SMARTS) is 3. The lowest BCUT2D eigenvalue weighted by Gasteiger charge is -2.06. The number of ether oxygens (including phenoxy) is 1. The van der Waals surface area contributed by atoms with Gasteiger partial charge in [-0.05, 0) is 27.2 Å². The molecule has 0 amide bonds. The molecule has 0 radical (unpaired) electrons. The van der Waals surface area contributed by atoms with Gasteiger partial charge >= 0.3 is 17.9 Å². The van der Waals surface area contributed by atoms with Crippen LogP contribution in [0.15, 0.2) is 61.8 Å². The van der Waals surface area contributed by atoms with Crippen LogP contribution in [0.2, 0.25) is 0 Å². The van der Waals surface area contributed by atoms with Gasteiger partial charge in [0.25, 0.3) is 0 Å². The van der Waals surface area contributed by atoms with E-state index in [-0.39, 0.29) is 42.5 Å². The summed E-state index contributed by atoms with van der Waals surface area (Å²) in [6.07, 6.45) is 3.90. The Kier molecular flexibility index (Phi) is 38.0. The lowest BCUT2D eigenvalue weighted by Crippen LogP contribution is -2.12. The van der Waals surface area contributed by atoms with Gasteiger partial charge in [0, 0.05) is 42.5 Å². The van der Waals surface area contributed by atoms with Crippen LogP contribution in [0.4, 0.5) is 0 Å². The maximum Gasteiger partial charge on any atom is 0.330 e. The fourth-order valence-electron chi connectivity index (χ4n) is 0.658. The van der Waals surface area contributed by atoms with E-state index >= 15 is 0 Å². The first-order chi connectivity index (χ1) is 15.2. The van der Waals surface area contributed by atoms with E-state index in [9.17, 15) is 14.4 Å². The highest BCUT2D eigenvalue weighted by Gasteiger charge is 2.02. The van der Waals surface area contributed by atoms with E-state index in [0.717, 1.165) is 0 Å². The number of hydrogen-bond donors (Lipinski definition) is 6. The molecular weight excluding hydrogens is 436 g/mol. The number of carboxylic acids is 3. The van der Waals surface area contributed by atoms with Gasteiger partial charge < -0.3 is 35.4 Å². The average Bonchev–Trinajstić information content (AvgIpc) is 2.74. The number of aliphatic carboxylic acids is 3. The molecule has 10 heteroatoms. The van der Waals surface area contributed by atoms with Gasteiger partial charge in [-0.25, -0.2) is 14.4 Å². The fraction of sp³-hybridized carbons (Fsp3) is 0.435. The molecule has 0 rings (SSSR count). The minimum absolute atomic E-state index is 0.0335. The highest BCUT2D eigenvalue weighted by Crippen LogP contribution is 1.97. The van der Waals surface area contributed by atoms with E-state index in [1.165, 1.54) is 20.8 Å². The predicted octanol–water partition coefficient (Wildman–Crippen LogP) is 2.29. The summed E-state index contributed by atoms with van der Waals surface area (Å²) in [5.41, 5.74) is 0.528. The molecule has 0 aliphatic heterocycles. The Hall–Kier alpha value is -3.05. The van der Waals surface area contributed by atoms with Crippen molar-refractivity contribution in [3.8, 4) is 0 Å². The molecule has 0 heterocycles. The summed E-state index contributed by atoms with van der Waals surface area (Å²) in [5.74, 6) is -2.94. The summed E-state index contributed by atoms with van der Waals surface area (Å²) in [6.45, 7) is 21.9. The van der Waals surface area contributed by atoms with Crippen molar-refractivity contribution < 1.29 is 49.8 Å². The molecule has 0 saturated carbocycles. The zero-order valence-corrected chi connectivity index (χ0v) is 19.8. The standard InChI is InChI=1S/C6H10O.C5H12O3.3C4H6O2/c1-3-5-7-6-4-2;6-2-1-5(3-7)4-8;3*1-3(2)4(5)6/h3-4H,1-2,5-6H2;5-8H,1-4H2;3*1H2,2H3,(H,5,6). The molecule has 0 aromatic carbocycles. The lowest BCUT2D eigenvalue weighted by atomic mass is 10.1. The van der Waals surface area contributed by atoms with Crippen LogP contribution in [0.5, 0.6) is 0 Å². The third-order valence-electron chi connectivity index (χ3n) is 2.62. The van der Waals surface area contributed by atoms with Gasteiger partial charge in [0.2, 0.25) is 0 Å². The molecule has 192 valence electrons. The molecule has 33 heavy (non-hydrogen) atoms. The summed E-state index contributed by atoms with van der Waals surface area (Å²) < 4.78 is 4.90. The molecule has 0 aromatic heterocycles. The monoisotopic (exact) mass is 476 g/mol. The third-order valence-corrected chi connectivity index (χ3v) is 2.62. The average molecular weight is 477 g/mol. The fourth-order valence-corrected chi connectivity index (χ4v) is 0.658. The molecule has 0 aromatic rings. The SMILES string of the molecule is C=C(C)C(=O)O.C=C(C)C(=O)O.C=C(C)C(=O)O.C=CCOCC=C.OCCC(CO)CO. The zero-order valence-electron chi connectivity index (χ0n) is 19.8. The molecule has 0 atom stereocenters. The second-order valence-corrected chi connectivity index (χ2v) is 6.11. The Labute approximate surface area is 196 Å². The van der Waals surface area contributed by atoms with Crippen molar-refractivity contribution in [3.63, 3.8) is 0 Å². The molecule has 6 N–H and O–H groups in total. The van der Waals surface area contributed by atoms with Crippen molar-refractivity contribution in [3.05, 3.63) is 61.8 Å². The van der Waals surface area contributed by atoms with Gasteiger partial charge in [0.05, 0.1) is 13.2 Å². The summed E-state index contributed by atoms with van der Waals surface area (Å²) >= 11 is 0. The minimum atomic E-state index is -0.935. The second kappa shape index (κ2) is 31.1. The van der Waals surface area contributed by atoms with Gasteiger partial charge in [0.1, 0.15) is 0 Å². The van der Waals surface area contributed by atoms with Crippen molar-refractivity contribution in [1.82, 2.24) is 0 Å². The van der Waals surface area contributed by atoms with Crippen molar-refractivity contribution in [2.75, 3.05) is 33.0 Å². The normalized spacial score (nSPS) is 8.33. The Morgan fingerprint density at radius 1 is 0.727 bits per heavy atom. The van der Waals surface area contributed by atoms with Gasteiger partial charge in [-0.2, -0.15) is 0 Å². The molecule has 0 aliphatic carbocycles. The molecule has 0 bridgehead atoms. The first kappa shape index (κ1) is 40.3. The summed E-state index contributed by atoms with van der Waals surface area (Å²) in [7, 11) is 0. The predicted molar refractivity (Wildman–Crippen MR) is 128 cm³/mol. The second-order valence-electron chi connectivity index (χ2n) is 6.11. The van der Waals surface area contributed by atoms with Crippen molar-refractivity contribution >= 4 is 17.9 Å². The van der Waals surface area contributed by atoms with Crippen LogP contribution in [0.1, 0.15) is 27.2 Å². The Morgan fingerprint density at radius 2 is 0.970 bits per heavy atom. The summed E-state index contributed by atoms with van der Waals surface area (Å²) in [4.78, 5) is 28.8. The van der Waals surface area contributed by atoms with E-state index in [1.54, 1.807) is 12.2 Å². The summed E-state index contributed by atoms with van der Waals surface area (Å²) in [5, 5.41) is 48.7. The third kappa shape index (κ3) is 52.8. The Balaban J connectivity index is -0.0000000995. The molecular formula is C23H40O10. The molecule has 0 aliphatic rings. The first-order valence-electron chi connectivity index (χ1n) is 9.48. The largest absolute Gasteiger partial charge is 0.478 e. The van der Waals surface area contributed by atoms with Crippen molar-refractivity contribution in [1.29, 1.82) is 0 Å². The van der Waals surface area contributed by atoms with Crippen molar-refractivity contribution in [2.24, 2.45) is 5.92 Å². The van der Waals surface area contributed by atoms with E-state index in [0.29, 0.717) is 19.6 Å². The topological polar surface area (TPSA) is 182 Å². The maximum absolute atomic E-state index is 9.60. The van der Waals surface area contributed by atoms with Crippen molar-refractivity contribution in [2.45, 2.75) is 27.2 Å². The van der Waals surface area contributed by atoms with Crippen LogP contribution in [-0.2, 0) is 19.1 Å². The number of aliphatic hydroxyl groups is 3. The minimum Gasteiger partial charge on any atom is -0.478 e. The quantitative estimate of drug-likeness (QED) is 0.147. The van der Waals surface area contributed by atoms with Crippen LogP contribution in [0.25, 0.3) is 0 Å². The van der Waals surface area contributed by atoms with Crippen LogP contribution in [0.3, 0.4) is 0 Å². The van der Waals surface area contributed by atoms with Gasteiger partial charge in [-0.3, -0.25) is 0 Å². The van der Waals surface area contributed by atoms with Crippen LogP contribution >= 0.6 is 0 Å². The molecule has 0 fully saturated rings. The van der Waals surface area contributed by atoms with E-state index in [1.807, 2.05) is 0 Å². The van der Waals surface area contributed by atoms with E-state index in [4.69, 9.17) is 35.4 Å². The van der Waals surface area contributed by atoms with Gasteiger partial charge in [0.15, 0.2) is 0 Å². The number of aliphatic hydroxyl groups excluding tert-OH is 3. The van der Waals surface area contributed by atoms with Crippen LogP contribution in [0, 0.1) is 5.92 Å². The van der Waals surface area contributed by atoms with Crippen LogP contribution in [-0.4, -0.2) is 81.6 Å². The molecule has 10 nitrogen and oxygen atoms in total. The van der Waals surface area contributed by atoms with E-state index in [2.05, 4.69) is 32.9 Å². The first-order valence-corrected chi connectivity index (χ1v) is 9.48. The molecule has 0 unspecified atom stereocenters. The number of hydrogen-bond acceptors (Lipinski definition) is 7. The highest BCUT2D eigenvalue weighted by atomic mass is 16.5. The maximum atomic E-state index is 9.60.